The van der Waals surface area contributed by atoms with E-state index in [-0.39, 0.29) is 5.91 Å². The molecule has 0 atom stereocenters. The summed E-state index contributed by atoms with van der Waals surface area (Å²) < 4.78 is 9.04. The third-order valence-electron chi connectivity index (χ3n) is 4.82. The Morgan fingerprint density at radius 3 is 2.69 bits per heavy atom. The number of nitrogens with one attached hydrogen (secondary N) is 2. The Labute approximate surface area is 176 Å². The molecular formula is C19H29N7O2S. The molecule has 0 radical (unpaired) electrons. The number of aryl methyl sites for hydroxylation is 4. The van der Waals surface area contributed by atoms with E-state index in [1.54, 1.807) is 15.8 Å². The Balaban J connectivity index is 1.55. The summed E-state index contributed by atoms with van der Waals surface area (Å²) in [6.45, 7) is 10.4. The van der Waals surface area contributed by atoms with Crippen LogP contribution < -0.4 is 10.6 Å². The van der Waals surface area contributed by atoms with E-state index in [1.807, 2.05) is 18.5 Å². The number of thiocarbonyl (C=S) groups is 1. The fourth-order valence-corrected chi connectivity index (χ4v) is 3.57. The molecule has 9 nitrogen and oxygen atoms in total. The average Bonchev–Trinajstić information content (AvgIpc) is 3.27. The SMILES string of the molecule is CCn1ncc(NC(=S)NCCCn2nc(C)cc2C)c1C(=O)N1CCOCC1. The maximum Gasteiger partial charge on any atom is 0.274 e. The number of nitrogens with zero attached hydrogens (tertiary/aromatic N) is 5. The molecule has 29 heavy (non-hydrogen) atoms. The van der Waals surface area contributed by atoms with Gasteiger partial charge in [0.1, 0.15) is 5.69 Å². The minimum Gasteiger partial charge on any atom is -0.378 e. The van der Waals surface area contributed by atoms with Crippen molar-refractivity contribution in [1.82, 2.24) is 29.8 Å². The van der Waals surface area contributed by atoms with Crippen LogP contribution in [0.1, 0.15) is 35.2 Å². The summed E-state index contributed by atoms with van der Waals surface area (Å²) in [4.78, 5) is 14.8. The summed E-state index contributed by atoms with van der Waals surface area (Å²) >= 11 is 5.42. The normalized spacial score (nSPS) is 14.1. The van der Waals surface area contributed by atoms with Gasteiger partial charge in [-0.05, 0) is 45.5 Å². The van der Waals surface area contributed by atoms with Crippen molar-refractivity contribution >= 4 is 28.9 Å². The van der Waals surface area contributed by atoms with Crippen LogP contribution in [0.25, 0.3) is 0 Å². The molecule has 0 aliphatic carbocycles. The summed E-state index contributed by atoms with van der Waals surface area (Å²) in [6.07, 6.45) is 2.54. The van der Waals surface area contributed by atoms with Crippen LogP contribution in [-0.4, -0.2) is 68.3 Å². The molecule has 2 aromatic rings. The largest absolute Gasteiger partial charge is 0.378 e. The molecule has 1 aliphatic heterocycles. The maximum atomic E-state index is 13.0. The van der Waals surface area contributed by atoms with Crippen molar-refractivity contribution in [2.75, 3.05) is 38.2 Å². The molecule has 1 saturated heterocycles. The molecule has 0 saturated carbocycles. The fraction of sp³-hybridized carbons (Fsp3) is 0.579. The Bertz CT molecular complexity index is 855. The maximum absolute atomic E-state index is 13.0. The second kappa shape index (κ2) is 9.84. The van der Waals surface area contributed by atoms with E-state index in [9.17, 15) is 4.79 Å². The van der Waals surface area contributed by atoms with Crippen molar-refractivity contribution in [2.45, 2.75) is 40.3 Å². The van der Waals surface area contributed by atoms with Gasteiger partial charge in [0, 0.05) is 38.4 Å². The van der Waals surface area contributed by atoms with E-state index < -0.39 is 0 Å². The van der Waals surface area contributed by atoms with E-state index in [0.717, 1.165) is 24.4 Å². The molecule has 0 unspecified atom stereocenters. The van der Waals surface area contributed by atoms with Gasteiger partial charge in [0.15, 0.2) is 5.11 Å². The number of hydrogen-bond acceptors (Lipinski definition) is 5. The average molecular weight is 420 g/mol. The minimum atomic E-state index is -0.0533. The summed E-state index contributed by atoms with van der Waals surface area (Å²) in [6, 6.07) is 2.07. The number of rotatable bonds is 7. The number of morpholine rings is 1. The van der Waals surface area contributed by atoms with Gasteiger partial charge < -0.3 is 20.3 Å². The van der Waals surface area contributed by atoms with Gasteiger partial charge in [0.25, 0.3) is 5.91 Å². The fourth-order valence-electron chi connectivity index (χ4n) is 3.36. The molecule has 3 rings (SSSR count). The Morgan fingerprint density at radius 1 is 1.28 bits per heavy atom. The number of amides is 1. The number of ether oxygens (including phenoxy) is 1. The van der Waals surface area contributed by atoms with Crippen LogP contribution in [0, 0.1) is 13.8 Å². The van der Waals surface area contributed by atoms with Crippen molar-refractivity contribution in [3.05, 3.63) is 29.3 Å². The Kier molecular flexibility index (Phi) is 7.21. The molecule has 2 N–H and O–H groups in total. The number of carbonyl (C=O) groups is 1. The van der Waals surface area contributed by atoms with Gasteiger partial charge in [-0.3, -0.25) is 14.2 Å². The van der Waals surface area contributed by atoms with Crippen LogP contribution in [0.15, 0.2) is 12.3 Å². The second-order valence-corrected chi connectivity index (χ2v) is 7.42. The molecule has 3 heterocycles. The monoisotopic (exact) mass is 419 g/mol. The van der Waals surface area contributed by atoms with Crippen molar-refractivity contribution in [1.29, 1.82) is 0 Å². The zero-order chi connectivity index (χ0) is 20.8. The minimum absolute atomic E-state index is 0.0533. The number of carbonyl (C=O) groups excluding carboxylic acids is 1. The van der Waals surface area contributed by atoms with E-state index >= 15 is 0 Å². The lowest BCUT2D eigenvalue weighted by Crippen LogP contribution is -2.42. The first-order valence-corrected chi connectivity index (χ1v) is 10.4. The molecule has 1 amide bonds. The summed E-state index contributed by atoms with van der Waals surface area (Å²) in [5, 5.41) is 15.6. The number of aromatic nitrogens is 4. The van der Waals surface area contributed by atoms with Crippen LogP contribution in [0.5, 0.6) is 0 Å². The zero-order valence-electron chi connectivity index (χ0n) is 17.3. The lowest BCUT2D eigenvalue weighted by Gasteiger charge is -2.27. The van der Waals surface area contributed by atoms with Crippen LogP contribution in [-0.2, 0) is 17.8 Å². The predicted octanol–water partition coefficient (Wildman–Crippen LogP) is 1.57. The first kappa shape index (κ1) is 21.3. The van der Waals surface area contributed by atoms with E-state index in [1.165, 1.54) is 0 Å². The molecule has 0 spiro atoms. The van der Waals surface area contributed by atoms with Gasteiger partial charge in [-0.25, -0.2) is 0 Å². The molecule has 1 aliphatic rings. The van der Waals surface area contributed by atoms with E-state index in [4.69, 9.17) is 17.0 Å². The van der Waals surface area contributed by atoms with Crippen LogP contribution in [0.3, 0.4) is 0 Å². The topological polar surface area (TPSA) is 89.2 Å². The van der Waals surface area contributed by atoms with Gasteiger partial charge in [-0.1, -0.05) is 0 Å². The molecule has 0 bridgehead atoms. The Morgan fingerprint density at radius 2 is 2.03 bits per heavy atom. The zero-order valence-corrected chi connectivity index (χ0v) is 18.1. The van der Waals surface area contributed by atoms with Gasteiger partial charge in [-0.15, -0.1) is 0 Å². The van der Waals surface area contributed by atoms with Crippen molar-refractivity contribution < 1.29 is 9.53 Å². The highest BCUT2D eigenvalue weighted by molar-refractivity contribution is 7.80. The molecule has 2 aromatic heterocycles. The highest BCUT2D eigenvalue weighted by atomic mass is 32.1. The summed E-state index contributed by atoms with van der Waals surface area (Å²) in [5.74, 6) is -0.0533. The Hall–Kier alpha value is -2.46. The van der Waals surface area contributed by atoms with E-state index in [0.29, 0.717) is 55.9 Å². The third-order valence-corrected chi connectivity index (χ3v) is 5.07. The second-order valence-electron chi connectivity index (χ2n) is 7.01. The summed E-state index contributed by atoms with van der Waals surface area (Å²) in [5.41, 5.74) is 3.33. The quantitative estimate of drug-likeness (QED) is 0.520. The molecule has 10 heteroatoms. The lowest BCUT2D eigenvalue weighted by molar-refractivity contribution is 0.0295. The smallest absolute Gasteiger partial charge is 0.274 e. The van der Waals surface area contributed by atoms with Crippen molar-refractivity contribution in [2.24, 2.45) is 0 Å². The molecule has 1 fully saturated rings. The van der Waals surface area contributed by atoms with Gasteiger partial charge >= 0.3 is 0 Å². The lowest BCUT2D eigenvalue weighted by atomic mass is 10.3. The van der Waals surface area contributed by atoms with Crippen LogP contribution in [0.2, 0.25) is 0 Å². The van der Waals surface area contributed by atoms with Crippen molar-refractivity contribution in [3.8, 4) is 0 Å². The van der Waals surface area contributed by atoms with Crippen LogP contribution >= 0.6 is 12.2 Å². The van der Waals surface area contributed by atoms with Gasteiger partial charge in [-0.2, -0.15) is 10.2 Å². The first-order chi connectivity index (χ1) is 14.0. The predicted molar refractivity (Wildman–Crippen MR) is 115 cm³/mol. The number of hydrogen-bond donors (Lipinski definition) is 2. The van der Waals surface area contributed by atoms with Crippen LogP contribution in [0.4, 0.5) is 5.69 Å². The highest BCUT2D eigenvalue weighted by Crippen LogP contribution is 2.18. The van der Waals surface area contributed by atoms with Gasteiger partial charge in [0.05, 0.1) is 30.8 Å². The first-order valence-electron chi connectivity index (χ1n) is 9.98. The highest BCUT2D eigenvalue weighted by Gasteiger charge is 2.25. The summed E-state index contributed by atoms with van der Waals surface area (Å²) in [7, 11) is 0. The third kappa shape index (κ3) is 5.33. The molecular weight excluding hydrogens is 390 g/mol. The van der Waals surface area contributed by atoms with Gasteiger partial charge in [0.2, 0.25) is 0 Å². The van der Waals surface area contributed by atoms with E-state index in [2.05, 4.69) is 33.8 Å². The van der Waals surface area contributed by atoms with Crippen molar-refractivity contribution in [3.63, 3.8) is 0 Å². The number of anilines is 1. The standard InChI is InChI=1S/C19H29N7O2S/c1-4-25-17(18(27)24-8-10-28-11-9-24)16(13-21-25)22-19(29)20-6-5-7-26-15(3)12-14(2)23-26/h12-13H,4-11H2,1-3H3,(H2,20,22,29). The molecule has 158 valence electrons. The molecule has 0 aromatic carbocycles.